The van der Waals surface area contributed by atoms with Crippen molar-refractivity contribution in [1.29, 1.82) is 0 Å². The van der Waals surface area contributed by atoms with Gasteiger partial charge in [-0.2, -0.15) is 0 Å². The Morgan fingerprint density at radius 2 is 2.44 bits per heavy atom. The van der Waals surface area contributed by atoms with Gasteiger partial charge in [-0.3, -0.25) is 9.48 Å². The number of carboxylic acid groups (broad SMARTS) is 1. The van der Waals surface area contributed by atoms with E-state index in [1.807, 2.05) is 0 Å². The Morgan fingerprint density at radius 1 is 1.67 bits per heavy atom. The van der Waals surface area contributed by atoms with E-state index in [0.29, 0.717) is 25.1 Å². The van der Waals surface area contributed by atoms with Gasteiger partial charge in [0, 0.05) is 6.54 Å². The molecule has 1 rings (SSSR count). The van der Waals surface area contributed by atoms with Crippen LogP contribution in [0.3, 0.4) is 0 Å². The van der Waals surface area contributed by atoms with Crippen molar-refractivity contribution in [1.82, 2.24) is 15.0 Å². The zero-order valence-corrected chi connectivity index (χ0v) is 9.96. The molecule has 0 amide bonds. The Morgan fingerprint density at radius 3 is 3.11 bits per heavy atom. The molecule has 1 heterocycles. The second-order valence-corrected chi connectivity index (χ2v) is 3.80. The molecule has 102 valence electrons. The fraction of sp³-hybridized carbons (Fsp3) is 0.700. The third kappa shape index (κ3) is 5.19. The highest BCUT2D eigenvalue weighted by atomic mass is 18.2. The number of aliphatic carboxylic acids is 1. The number of alkyl halides is 1. The van der Waals surface area contributed by atoms with Gasteiger partial charge in [0.2, 0.25) is 0 Å². The molecule has 0 radical (unpaired) electrons. The molecule has 1 aromatic rings. The lowest BCUT2D eigenvalue weighted by atomic mass is 10.2. The lowest BCUT2D eigenvalue weighted by Gasteiger charge is -2.05. The third-order valence-corrected chi connectivity index (χ3v) is 2.28. The smallest absolute Gasteiger partial charge is 0.320 e. The minimum Gasteiger partial charge on any atom is -0.480 e. The first-order valence-electron chi connectivity index (χ1n) is 5.64. The zero-order valence-electron chi connectivity index (χ0n) is 9.96. The lowest BCUT2D eigenvalue weighted by molar-refractivity contribution is -0.138. The summed E-state index contributed by atoms with van der Waals surface area (Å²) in [6.45, 7) is 0.275. The number of nitrogens with two attached hydrogens (primary N) is 1. The molecule has 0 aromatic carbocycles. The molecule has 18 heavy (non-hydrogen) atoms. The van der Waals surface area contributed by atoms with E-state index in [0.717, 1.165) is 0 Å². The van der Waals surface area contributed by atoms with E-state index in [1.165, 1.54) is 0 Å². The van der Waals surface area contributed by atoms with Gasteiger partial charge in [-0.25, -0.2) is 4.39 Å². The van der Waals surface area contributed by atoms with E-state index in [1.54, 1.807) is 10.9 Å². The molecule has 0 bridgehead atoms. The molecule has 3 N–H and O–H groups in total. The molecule has 0 aliphatic carbocycles. The number of carbonyl (C=O) groups is 1. The minimum atomic E-state index is -1.01. The summed E-state index contributed by atoms with van der Waals surface area (Å²) in [6, 6.07) is -0.846. The van der Waals surface area contributed by atoms with Crippen LogP contribution in [0.15, 0.2) is 6.20 Å². The first-order valence-corrected chi connectivity index (χ1v) is 5.64. The number of halogens is 1. The van der Waals surface area contributed by atoms with Crippen LogP contribution in [0.1, 0.15) is 18.5 Å². The number of nitrogens with zero attached hydrogens (tertiary/aromatic N) is 3. The van der Waals surface area contributed by atoms with Crippen molar-refractivity contribution in [3.63, 3.8) is 0 Å². The molecule has 1 aromatic heterocycles. The largest absolute Gasteiger partial charge is 0.480 e. The minimum absolute atomic E-state index is 0.0420. The summed E-state index contributed by atoms with van der Waals surface area (Å²) in [5, 5.41) is 16.3. The van der Waals surface area contributed by atoms with E-state index >= 15 is 0 Å². The number of carboxylic acids is 1. The van der Waals surface area contributed by atoms with Gasteiger partial charge < -0.3 is 15.6 Å². The first-order chi connectivity index (χ1) is 8.63. The highest BCUT2D eigenvalue weighted by Gasteiger charge is 2.10. The van der Waals surface area contributed by atoms with Crippen LogP contribution in [-0.2, 0) is 22.7 Å². The van der Waals surface area contributed by atoms with Crippen LogP contribution in [0.25, 0.3) is 0 Å². The molecule has 1 unspecified atom stereocenters. The number of rotatable bonds is 9. The Hall–Kier alpha value is -1.54. The van der Waals surface area contributed by atoms with Crippen LogP contribution < -0.4 is 5.73 Å². The summed E-state index contributed by atoms with van der Waals surface area (Å²) in [7, 11) is 0. The highest BCUT2D eigenvalue weighted by molar-refractivity contribution is 5.72. The predicted molar refractivity (Wildman–Crippen MR) is 60.5 cm³/mol. The average molecular weight is 259 g/mol. The number of aryl methyl sites for hydroxylation is 1. The fourth-order valence-electron chi connectivity index (χ4n) is 1.34. The van der Waals surface area contributed by atoms with Crippen molar-refractivity contribution in [3.05, 3.63) is 11.9 Å². The van der Waals surface area contributed by atoms with Gasteiger partial charge in [0.1, 0.15) is 18.4 Å². The standard InChI is InChI=1S/C10H17FN4O3/c11-3-5-18-7-8-6-15(14-13-8)4-1-2-9(12)10(16)17/h6,9H,1-5,7,12H2,(H,16,17)/i11-1. The van der Waals surface area contributed by atoms with Crippen LogP contribution in [0.5, 0.6) is 0 Å². The van der Waals surface area contributed by atoms with Crippen molar-refractivity contribution in [3.8, 4) is 0 Å². The van der Waals surface area contributed by atoms with E-state index in [9.17, 15) is 9.18 Å². The maximum Gasteiger partial charge on any atom is 0.320 e. The van der Waals surface area contributed by atoms with E-state index in [-0.39, 0.29) is 13.2 Å². The molecule has 0 spiro atoms. The lowest BCUT2D eigenvalue weighted by Crippen LogP contribution is -2.30. The summed E-state index contributed by atoms with van der Waals surface area (Å²) in [5.74, 6) is -1.01. The van der Waals surface area contributed by atoms with Gasteiger partial charge in [0.15, 0.2) is 0 Å². The van der Waals surface area contributed by atoms with Crippen molar-refractivity contribution in [2.45, 2.75) is 32.0 Å². The van der Waals surface area contributed by atoms with Gasteiger partial charge in [-0.15, -0.1) is 5.10 Å². The Kier molecular flexibility index (Phi) is 6.23. The molecular weight excluding hydrogens is 242 g/mol. The molecule has 7 nitrogen and oxygen atoms in total. The van der Waals surface area contributed by atoms with Crippen molar-refractivity contribution < 1.29 is 19.0 Å². The van der Waals surface area contributed by atoms with Crippen LogP contribution in [0, 0.1) is 0 Å². The quantitative estimate of drug-likeness (QED) is 0.603. The first kappa shape index (κ1) is 14.5. The second-order valence-electron chi connectivity index (χ2n) is 3.80. The molecule has 8 heteroatoms. The SMILES string of the molecule is NC(CCCn1cc(COCC[18F])nn1)C(=O)O. The van der Waals surface area contributed by atoms with Crippen LogP contribution in [0.4, 0.5) is 4.39 Å². The molecule has 0 saturated heterocycles. The maximum atomic E-state index is 11.8. The molecule has 0 saturated carbocycles. The number of hydrogen-bond acceptors (Lipinski definition) is 5. The summed E-state index contributed by atoms with van der Waals surface area (Å²) in [5.41, 5.74) is 5.98. The summed E-state index contributed by atoms with van der Waals surface area (Å²) in [6.07, 6.45) is 2.66. The topological polar surface area (TPSA) is 103 Å². The summed E-state index contributed by atoms with van der Waals surface area (Å²) >= 11 is 0. The Bertz CT molecular complexity index is 372. The molecule has 0 aliphatic heterocycles. The molecule has 0 fully saturated rings. The highest BCUT2D eigenvalue weighted by Crippen LogP contribution is 2.00. The number of ether oxygens (including phenoxy) is 1. The number of hydrogen-bond donors (Lipinski definition) is 2. The van der Waals surface area contributed by atoms with Gasteiger partial charge >= 0.3 is 5.97 Å². The van der Waals surface area contributed by atoms with Gasteiger partial charge in [0.05, 0.1) is 19.4 Å². The fourth-order valence-corrected chi connectivity index (χ4v) is 1.34. The van der Waals surface area contributed by atoms with Gasteiger partial charge in [0.25, 0.3) is 0 Å². The van der Waals surface area contributed by atoms with E-state index < -0.39 is 18.7 Å². The molecule has 0 aliphatic rings. The third-order valence-electron chi connectivity index (χ3n) is 2.28. The second kappa shape index (κ2) is 7.72. The van der Waals surface area contributed by atoms with Crippen LogP contribution in [0.2, 0.25) is 0 Å². The predicted octanol–water partition coefficient (Wildman–Crippen LogP) is -0.0437. The number of aromatic nitrogens is 3. The van der Waals surface area contributed by atoms with Crippen molar-refractivity contribution in [2.24, 2.45) is 5.73 Å². The van der Waals surface area contributed by atoms with Crippen molar-refractivity contribution >= 4 is 5.97 Å². The summed E-state index contributed by atoms with van der Waals surface area (Å²) in [4.78, 5) is 10.5. The Balaban J connectivity index is 2.24. The monoisotopic (exact) mass is 259 g/mol. The van der Waals surface area contributed by atoms with Crippen LogP contribution >= 0.6 is 0 Å². The van der Waals surface area contributed by atoms with Gasteiger partial charge in [-0.1, -0.05) is 5.21 Å². The maximum absolute atomic E-state index is 11.8. The van der Waals surface area contributed by atoms with Crippen LogP contribution in [-0.4, -0.2) is 45.4 Å². The molecule has 1 atom stereocenters. The van der Waals surface area contributed by atoms with Gasteiger partial charge in [-0.05, 0) is 12.8 Å². The molecular formula is C10H17FN4O3. The normalized spacial score (nSPS) is 12.6. The zero-order chi connectivity index (χ0) is 13.4. The Labute approximate surface area is 104 Å². The van der Waals surface area contributed by atoms with Crippen molar-refractivity contribution in [2.75, 3.05) is 13.3 Å². The summed E-state index contributed by atoms with van der Waals surface area (Å²) < 4.78 is 18.3. The van der Waals surface area contributed by atoms with E-state index in [4.69, 9.17) is 15.6 Å². The van der Waals surface area contributed by atoms with E-state index in [2.05, 4.69) is 10.3 Å². The average Bonchev–Trinajstić information content (AvgIpc) is 2.77.